The van der Waals surface area contributed by atoms with Gasteiger partial charge in [0.25, 0.3) is 0 Å². The number of alkyl halides is 3. The Kier molecular flexibility index (Phi) is 4.25. The van der Waals surface area contributed by atoms with Crippen LogP contribution in [0.3, 0.4) is 0 Å². The summed E-state index contributed by atoms with van der Waals surface area (Å²) in [5, 5.41) is 14.3. The first kappa shape index (κ1) is 16.4. The maximum Gasteiger partial charge on any atom is 0.416 e. The summed E-state index contributed by atoms with van der Waals surface area (Å²) in [6.07, 6.45) is -2.21. The molecule has 1 aromatic heterocycles. The number of benzene rings is 1. The molecule has 2 aromatic rings. The standard InChI is InChI=1S/C15H16F3N5O/c1-9(10-5-6-10)19-13(24)8-23-21-14(20-22-23)11-3-2-4-12(7-11)15(16,17)18/h2-4,7,9-10H,5-6,8H2,1H3,(H,19,24). The van der Waals surface area contributed by atoms with Gasteiger partial charge in [-0.05, 0) is 43.0 Å². The fourth-order valence-corrected chi connectivity index (χ4v) is 2.40. The maximum absolute atomic E-state index is 12.7. The van der Waals surface area contributed by atoms with Gasteiger partial charge in [-0.25, -0.2) is 0 Å². The summed E-state index contributed by atoms with van der Waals surface area (Å²) in [6, 6.07) is 4.77. The van der Waals surface area contributed by atoms with Gasteiger partial charge >= 0.3 is 6.18 Å². The number of hydrogen-bond donors (Lipinski definition) is 1. The lowest BCUT2D eigenvalue weighted by molar-refractivity contribution is -0.137. The van der Waals surface area contributed by atoms with E-state index in [2.05, 4.69) is 20.7 Å². The van der Waals surface area contributed by atoms with E-state index < -0.39 is 11.7 Å². The van der Waals surface area contributed by atoms with Crippen molar-refractivity contribution < 1.29 is 18.0 Å². The highest BCUT2D eigenvalue weighted by molar-refractivity contribution is 5.75. The molecule has 1 atom stereocenters. The minimum atomic E-state index is -4.44. The van der Waals surface area contributed by atoms with Crippen molar-refractivity contribution in [1.82, 2.24) is 25.5 Å². The lowest BCUT2D eigenvalue weighted by Gasteiger charge is -2.11. The normalized spacial score (nSPS) is 16.0. The average molecular weight is 339 g/mol. The summed E-state index contributed by atoms with van der Waals surface area (Å²) in [6.45, 7) is 1.82. The van der Waals surface area contributed by atoms with Crippen LogP contribution in [-0.2, 0) is 17.5 Å². The van der Waals surface area contributed by atoms with Crippen molar-refractivity contribution >= 4 is 5.91 Å². The van der Waals surface area contributed by atoms with Crippen LogP contribution in [0.25, 0.3) is 11.4 Å². The fraction of sp³-hybridized carbons (Fsp3) is 0.467. The third kappa shape index (κ3) is 3.90. The zero-order valence-corrected chi connectivity index (χ0v) is 12.9. The SMILES string of the molecule is CC(NC(=O)Cn1nnc(-c2cccc(C(F)(F)F)c2)n1)C1CC1. The van der Waals surface area contributed by atoms with Crippen molar-refractivity contribution in [2.24, 2.45) is 5.92 Å². The maximum atomic E-state index is 12.7. The molecule has 1 aliphatic rings. The number of aromatic nitrogens is 4. The molecule has 0 spiro atoms. The van der Waals surface area contributed by atoms with E-state index in [1.54, 1.807) is 0 Å². The van der Waals surface area contributed by atoms with Gasteiger partial charge in [-0.2, -0.15) is 18.0 Å². The molecule has 1 heterocycles. The average Bonchev–Trinajstić information content (AvgIpc) is 3.27. The first-order valence-corrected chi connectivity index (χ1v) is 7.58. The van der Waals surface area contributed by atoms with Crippen LogP contribution in [0, 0.1) is 5.92 Å². The quantitative estimate of drug-likeness (QED) is 0.907. The highest BCUT2D eigenvalue weighted by Crippen LogP contribution is 2.32. The Hall–Kier alpha value is -2.45. The van der Waals surface area contributed by atoms with Gasteiger partial charge in [0.15, 0.2) is 0 Å². The smallest absolute Gasteiger partial charge is 0.352 e. The number of nitrogens with zero attached hydrogens (tertiary/aromatic N) is 4. The predicted molar refractivity (Wildman–Crippen MR) is 78.6 cm³/mol. The van der Waals surface area contributed by atoms with E-state index in [0.717, 1.165) is 29.8 Å². The molecule has 0 aliphatic heterocycles. The van der Waals surface area contributed by atoms with Crippen molar-refractivity contribution in [2.75, 3.05) is 0 Å². The Morgan fingerprint density at radius 1 is 1.42 bits per heavy atom. The van der Waals surface area contributed by atoms with Gasteiger partial charge in [-0.15, -0.1) is 10.2 Å². The zero-order valence-electron chi connectivity index (χ0n) is 12.9. The summed E-state index contributed by atoms with van der Waals surface area (Å²) in [5.74, 6) is 0.324. The number of tetrazole rings is 1. The van der Waals surface area contributed by atoms with E-state index in [1.807, 2.05) is 6.92 Å². The Bertz CT molecular complexity index is 739. The third-order valence-electron chi connectivity index (χ3n) is 3.90. The van der Waals surface area contributed by atoms with Gasteiger partial charge in [-0.1, -0.05) is 12.1 Å². The molecule has 0 radical (unpaired) electrons. The van der Waals surface area contributed by atoms with Crippen molar-refractivity contribution in [3.8, 4) is 11.4 Å². The number of carbonyl (C=O) groups excluding carboxylic acids is 1. The molecular formula is C15H16F3N5O. The lowest BCUT2D eigenvalue weighted by Crippen LogP contribution is -2.36. The highest BCUT2D eigenvalue weighted by atomic mass is 19.4. The van der Waals surface area contributed by atoms with Crippen LogP contribution in [0.4, 0.5) is 13.2 Å². The van der Waals surface area contributed by atoms with E-state index >= 15 is 0 Å². The second-order valence-electron chi connectivity index (χ2n) is 5.92. The highest BCUT2D eigenvalue weighted by Gasteiger charge is 2.31. The molecule has 1 saturated carbocycles. The molecule has 6 nitrogen and oxygen atoms in total. The van der Waals surface area contributed by atoms with E-state index in [4.69, 9.17) is 0 Å². The minimum Gasteiger partial charge on any atom is -0.352 e. The lowest BCUT2D eigenvalue weighted by atomic mass is 10.1. The van der Waals surface area contributed by atoms with Gasteiger partial charge in [0.05, 0.1) is 5.56 Å². The van der Waals surface area contributed by atoms with Gasteiger partial charge in [0.2, 0.25) is 11.7 Å². The topological polar surface area (TPSA) is 72.7 Å². The van der Waals surface area contributed by atoms with E-state index in [-0.39, 0.29) is 29.9 Å². The first-order valence-electron chi connectivity index (χ1n) is 7.58. The van der Waals surface area contributed by atoms with E-state index in [1.165, 1.54) is 12.1 Å². The van der Waals surface area contributed by atoms with Gasteiger partial charge < -0.3 is 5.32 Å². The van der Waals surface area contributed by atoms with Gasteiger partial charge in [0.1, 0.15) is 6.54 Å². The van der Waals surface area contributed by atoms with E-state index in [0.29, 0.717) is 5.92 Å². The van der Waals surface area contributed by atoms with E-state index in [9.17, 15) is 18.0 Å². The Balaban J connectivity index is 1.68. The molecule has 9 heteroatoms. The van der Waals surface area contributed by atoms with Crippen LogP contribution in [0.1, 0.15) is 25.3 Å². The first-order chi connectivity index (χ1) is 11.3. The summed E-state index contributed by atoms with van der Waals surface area (Å²) in [7, 11) is 0. The van der Waals surface area contributed by atoms with Crippen molar-refractivity contribution in [3.05, 3.63) is 29.8 Å². The predicted octanol–water partition coefficient (Wildman–Crippen LogP) is 2.27. The number of nitrogens with one attached hydrogen (secondary N) is 1. The molecule has 1 aliphatic carbocycles. The van der Waals surface area contributed by atoms with Crippen LogP contribution < -0.4 is 5.32 Å². The van der Waals surface area contributed by atoms with Crippen LogP contribution >= 0.6 is 0 Å². The Morgan fingerprint density at radius 2 is 2.17 bits per heavy atom. The van der Waals surface area contributed by atoms with Crippen molar-refractivity contribution in [1.29, 1.82) is 0 Å². The molecule has 0 saturated heterocycles. The molecule has 0 bridgehead atoms. The van der Waals surface area contributed by atoms with Crippen molar-refractivity contribution in [2.45, 2.75) is 38.5 Å². The van der Waals surface area contributed by atoms with Crippen LogP contribution in [-0.4, -0.2) is 32.2 Å². The van der Waals surface area contributed by atoms with Crippen molar-refractivity contribution in [3.63, 3.8) is 0 Å². The molecule has 1 unspecified atom stereocenters. The number of amides is 1. The van der Waals surface area contributed by atoms with Gasteiger partial charge in [0, 0.05) is 11.6 Å². The number of hydrogen-bond acceptors (Lipinski definition) is 4. The summed E-state index contributed by atoms with van der Waals surface area (Å²) >= 11 is 0. The monoisotopic (exact) mass is 339 g/mol. The van der Waals surface area contributed by atoms with Crippen LogP contribution in [0.15, 0.2) is 24.3 Å². The Morgan fingerprint density at radius 3 is 2.83 bits per heavy atom. The molecule has 3 rings (SSSR count). The molecular weight excluding hydrogens is 323 g/mol. The largest absolute Gasteiger partial charge is 0.416 e. The van der Waals surface area contributed by atoms with Crippen LogP contribution in [0.5, 0.6) is 0 Å². The zero-order chi connectivity index (χ0) is 17.3. The molecule has 1 fully saturated rings. The molecule has 128 valence electrons. The number of carbonyl (C=O) groups is 1. The van der Waals surface area contributed by atoms with Crippen LogP contribution in [0.2, 0.25) is 0 Å². The second kappa shape index (κ2) is 6.21. The summed E-state index contributed by atoms with van der Waals surface area (Å²) in [4.78, 5) is 13.0. The summed E-state index contributed by atoms with van der Waals surface area (Å²) in [5.41, 5.74) is -0.588. The minimum absolute atomic E-state index is 0.0455. The molecule has 1 aromatic carbocycles. The number of halogens is 3. The fourth-order valence-electron chi connectivity index (χ4n) is 2.40. The third-order valence-corrected chi connectivity index (χ3v) is 3.90. The molecule has 24 heavy (non-hydrogen) atoms. The second-order valence-corrected chi connectivity index (χ2v) is 5.92. The molecule has 1 N–H and O–H groups in total. The Labute approximate surface area is 136 Å². The number of rotatable bonds is 5. The van der Waals surface area contributed by atoms with Gasteiger partial charge in [-0.3, -0.25) is 4.79 Å². The summed E-state index contributed by atoms with van der Waals surface area (Å²) < 4.78 is 38.2. The molecule has 1 amide bonds.